The number of nitro benzene ring substituents is 1. The van der Waals surface area contributed by atoms with Crippen LogP contribution in [0.25, 0.3) is 10.2 Å². The van der Waals surface area contributed by atoms with Crippen molar-refractivity contribution in [3.05, 3.63) is 57.1 Å². The van der Waals surface area contributed by atoms with Gasteiger partial charge in [0.1, 0.15) is 11.2 Å². The Hall–Kier alpha value is -2.75. The number of nitro groups is 1. The minimum absolute atomic E-state index is 0.109. The number of morpholine rings is 1. The van der Waals surface area contributed by atoms with Crippen LogP contribution in [0.5, 0.6) is 0 Å². The summed E-state index contributed by atoms with van der Waals surface area (Å²) in [5, 5.41) is 15.1. The lowest BCUT2D eigenvalue weighted by molar-refractivity contribution is -0.384. The fourth-order valence-electron chi connectivity index (χ4n) is 3.02. The summed E-state index contributed by atoms with van der Waals surface area (Å²) in [6.07, 6.45) is 0. The Kier molecular flexibility index (Phi) is 5.12. The summed E-state index contributed by atoms with van der Waals surface area (Å²) in [6.45, 7) is 2.16. The number of carbonyl (C=O) groups excluding carboxylic acids is 1. The van der Waals surface area contributed by atoms with Crippen molar-refractivity contribution in [2.24, 2.45) is 0 Å². The lowest BCUT2D eigenvalue weighted by Gasteiger charge is -2.28. The third kappa shape index (κ3) is 3.64. The number of nitrogens with zero attached hydrogens (tertiary/aromatic N) is 3. The number of nitrogens with one attached hydrogen (secondary N) is 1. The zero-order chi connectivity index (χ0) is 19.7. The molecule has 1 amide bonds. The second kappa shape index (κ2) is 7.70. The quantitative estimate of drug-likeness (QED) is 0.509. The lowest BCUT2D eigenvalue weighted by atomic mass is 10.1. The molecule has 28 heavy (non-hydrogen) atoms. The maximum absolute atomic E-state index is 12.6. The molecule has 1 N–H and O–H groups in total. The fourth-order valence-corrected chi connectivity index (χ4v) is 4.18. The first-order valence-electron chi connectivity index (χ1n) is 8.50. The van der Waals surface area contributed by atoms with E-state index < -0.39 is 10.8 Å². The minimum atomic E-state index is -0.473. The second-order valence-electron chi connectivity index (χ2n) is 6.12. The Morgan fingerprint density at radius 1 is 1.29 bits per heavy atom. The van der Waals surface area contributed by atoms with Crippen LogP contribution in [0.15, 0.2) is 36.4 Å². The average Bonchev–Trinajstić information content (AvgIpc) is 3.12. The number of hydrogen-bond acceptors (Lipinski definition) is 7. The maximum Gasteiger partial charge on any atom is 0.293 e. The van der Waals surface area contributed by atoms with E-state index in [0.29, 0.717) is 47.7 Å². The summed E-state index contributed by atoms with van der Waals surface area (Å²) in [6, 6.07) is 9.86. The number of halogens is 1. The SMILES string of the molecule is O=C(Nc1nc2c(Cl)cccc2s1)c1ccc(N2CCOCC2)c([N+](=O)[O-])c1. The van der Waals surface area contributed by atoms with Gasteiger partial charge >= 0.3 is 0 Å². The number of amides is 1. The monoisotopic (exact) mass is 418 g/mol. The van der Waals surface area contributed by atoms with Gasteiger partial charge < -0.3 is 9.64 Å². The minimum Gasteiger partial charge on any atom is -0.378 e. The van der Waals surface area contributed by atoms with E-state index in [0.717, 1.165) is 4.70 Å². The first-order chi connectivity index (χ1) is 13.5. The number of ether oxygens (including phenoxy) is 1. The van der Waals surface area contributed by atoms with Crippen LogP contribution in [0.2, 0.25) is 5.02 Å². The molecule has 0 atom stereocenters. The van der Waals surface area contributed by atoms with Gasteiger partial charge in [0.15, 0.2) is 5.13 Å². The Morgan fingerprint density at radius 3 is 2.79 bits per heavy atom. The van der Waals surface area contributed by atoms with E-state index in [2.05, 4.69) is 10.3 Å². The van der Waals surface area contributed by atoms with Crippen molar-refractivity contribution in [1.82, 2.24) is 4.98 Å². The van der Waals surface area contributed by atoms with E-state index in [1.807, 2.05) is 17.0 Å². The molecular formula is C18H15ClN4O4S. The first kappa shape index (κ1) is 18.6. The van der Waals surface area contributed by atoms with Crippen molar-refractivity contribution >= 4 is 55.6 Å². The predicted octanol–water partition coefficient (Wildman–Crippen LogP) is 3.95. The molecule has 3 aromatic rings. The highest BCUT2D eigenvalue weighted by Crippen LogP contribution is 2.32. The number of anilines is 2. The molecular weight excluding hydrogens is 404 g/mol. The fraction of sp³-hybridized carbons (Fsp3) is 0.222. The first-order valence-corrected chi connectivity index (χ1v) is 9.70. The van der Waals surface area contributed by atoms with E-state index in [-0.39, 0.29) is 11.3 Å². The molecule has 8 nitrogen and oxygen atoms in total. The molecule has 1 aliphatic heterocycles. The van der Waals surface area contributed by atoms with Crippen LogP contribution in [-0.4, -0.2) is 42.1 Å². The van der Waals surface area contributed by atoms with Crippen molar-refractivity contribution in [1.29, 1.82) is 0 Å². The van der Waals surface area contributed by atoms with Gasteiger partial charge in [-0.3, -0.25) is 20.2 Å². The van der Waals surface area contributed by atoms with Gasteiger partial charge in [0.05, 0.1) is 27.9 Å². The van der Waals surface area contributed by atoms with E-state index in [1.165, 1.54) is 17.4 Å². The normalized spacial score (nSPS) is 14.2. The van der Waals surface area contributed by atoms with Crippen molar-refractivity contribution in [2.75, 3.05) is 36.5 Å². The van der Waals surface area contributed by atoms with Crippen LogP contribution in [0, 0.1) is 10.1 Å². The summed E-state index contributed by atoms with van der Waals surface area (Å²) in [7, 11) is 0. The number of rotatable bonds is 4. The summed E-state index contributed by atoms with van der Waals surface area (Å²) in [5.74, 6) is -0.466. The van der Waals surface area contributed by atoms with Crippen LogP contribution in [-0.2, 0) is 4.74 Å². The summed E-state index contributed by atoms with van der Waals surface area (Å²) >= 11 is 7.40. The number of carbonyl (C=O) groups is 1. The number of para-hydroxylation sites is 1. The molecule has 1 aromatic heterocycles. The molecule has 10 heteroatoms. The summed E-state index contributed by atoms with van der Waals surface area (Å²) < 4.78 is 6.14. The van der Waals surface area contributed by atoms with Gasteiger partial charge in [0.2, 0.25) is 0 Å². The molecule has 0 saturated carbocycles. The molecule has 144 valence electrons. The number of thiazole rings is 1. The van der Waals surface area contributed by atoms with Crippen molar-refractivity contribution in [3.63, 3.8) is 0 Å². The van der Waals surface area contributed by atoms with Crippen molar-refractivity contribution in [3.8, 4) is 0 Å². The Morgan fingerprint density at radius 2 is 2.07 bits per heavy atom. The van der Waals surface area contributed by atoms with Gasteiger partial charge in [-0.15, -0.1) is 0 Å². The molecule has 2 aromatic carbocycles. The highest BCUT2D eigenvalue weighted by atomic mass is 35.5. The van der Waals surface area contributed by atoms with Crippen molar-refractivity contribution in [2.45, 2.75) is 0 Å². The molecule has 1 saturated heterocycles. The van der Waals surface area contributed by atoms with Crippen molar-refractivity contribution < 1.29 is 14.5 Å². The van der Waals surface area contributed by atoms with Crippen LogP contribution in [0.1, 0.15) is 10.4 Å². The van der Waals surface area contributed by atoms with E-state index >= 15 is 0 Å². The van der Waals surface area contributed by atoms with Crippen LogP contribution < -0.4 is 10.2 Å². The zero-order valence-electron chi connectivity index (χ0n) is 14.6. The maximum atomic E-state index is 12.6. The third-order valence-electron chi connectivity index (χ3n) is 4.38. The van der Waals surface area contributed by atoms with Gasteiger partial charge in [-0.2, -0.15) is 0 Å². The van der Waals surface area contributed by atoms with Crippen LogP contribution >= 0.6 is 22.9 Å². The molecule has 0 spiro atoms. The number of fused-ring (bicyclic) bond motifs is 1. The largest absolute Gasteiger partial charge is 0.378 e. The smallest absolute Gasteiger partial charge is 0.293 e. The zero-order valence-corrected chi connectivity index (χ0v) is 16.1. The van der Waals surface area contributed by atoms with E-state index in [4.69, 9.17) is 16.3 Å². The van der Waals surface area contributed by atoms with Crippen LogP contribution in [0.4, 0.5) is 16.5 Å². The Labute approximate surface area is 168 Å². The van der Waals surface area contributed by atoms with Gasteiger partial charge in [-0.1, -0.05) is 29.0 Å². The number of hydrogen-bond donors (Lipinski definition) is 1. The summed E-state index contributed by atoms with van der Waals surface area (Å²) in [5.41, 5.74) is 1.17. The van der Waals surface area contributed by atoms with Gasteiger partial charge in [0.25, 0.3) is 11.6 Å². The second-order valence-corrected chi connectivity index (χ2v) is 7.56. The number of aromatic nitrogens is 1. The van der Waals surface area contributed by atoms with Crippen LogP contribution in [0.3, 0.4) is 0 Å². The van der Waals surface area contributed by atoms with E-state index in [9.17, 15) is 14.9 Å². The highest BCUT2D eigenvalue weighted by Gasteiger charge is 2.23. The van der Waals surface area contributed by atoms with E-state index in [1.54, 1.807) is 18.2 Å². The molecule has 1 fully saturated rings. The third-order valence-corrected chi connectivity index (χ3v) is 5.62. The summed E-state index contributed by atoms with van der Waals surface area (Å²) in [4.78, 5) is 29.9. The molecule has 4 rings (SSSR count). The Bertz CT molecular complexity index is 1060. The Balaban J connectivity index is 1.60. The van der Waals surface area contributed by atoms with Gasteiger partial charge in [-0.05, 0) is 24.3 Å². The molecule has 0 unspecified atom stereocenters. The predicted molar refractivity (Wildman–Crippen MR) is 109 cm³/mol. The van der Waals surface area contributed by atoms with Gasteiger partial charge in [0, 0.05) is 24.7 Å². The molecule has 0 aliphatic carbocycles. The standard InChI is InChI=1S/C18H15ClN4O4S/c19-12-2-1-3-15-16(12)20-18(28-15)21-17(24)11-4-5-13(14(10-11)23(25)26)22-6-8-27-9-7-22/h1-5,10H,6-9H2,(H,20,21,24). The topological polar surface area (TPSA) is 97.6 Å². The molecule has 2 heterocycles. The molecule has 1 aliphatic rings. The molecule has 0 bridgehead atoms. The van der Waals surface area contributed by atoms with Gasteiger partial charge in [-0.25, -0.2) is 4.98 Å². The lowest BCUT2D eigenvalue weighted by Crippen LogP contribution is -2.36. The highest BCUT2D eigenvalue weighted by molar-refractivity contribution is 7.22. The number of benzene rings is 2. The average molecular weight is 419 g/mol. The molecule has 0 radical (unpaired) electrons.